The molecule has 2 rings (SSSR count). The number of piperidine rings is 1. The molecule has 2 aliphatic rings. The smallest absolute Gasteiger partial charge is 0.317 e. The van der Waals surface area contributed by atoms with Crippen LogP contribution < -0.4 is 5.32 Å². The molecule has 2 unspecified atom stereocenters. The van der Waals surface area contributed by atoms with Crippen molar-refractivity contribution in [3.8, 4) is 0 Å². The topological polar surface area (TPSA) is 78.9 Å². The van der Waals surface area contributed by atoms with E-state index in [1.807, 2.05) is 4.90 Å². The largest absolute Gasteiger partial charge is 0.481 e. The molecule has 0 spiro atoms. The number of nitrogens with zero attached hydrogens (tertiary/aromatic N) is 1. The van der Waals surface area contributed by atoms with E-state index >= 15 is 0 Å². The van der Waals surface area contributed by atoms with Gasteiger partial charge in [-0.05, 0) is 38.0 Å². The lowest BCUT2D eigenvalue weighted by atomic mass is 9.93. The van der Waals surface area contributed by atoms with Crippen molar-refractivity contribution in [1.29, 1.82) is 0 Å². The second kappa shape index (κ2) is 7.47. The van der Waals surface area contributed by atoms with Gasteiger partial charge in [-0.25, -0.2) is 4.79 Å². The van der Waals surface area contributed by atoms with Crippen LogP contribution in [0, 0.1) is 5.92 Å². The lowest BCUT2D eigenvalue weighted by Gasteiger charge is -2.32. The number of nitrogens with one attached hydrogen (secondary N) is 1. The molecule has 2 atom stereocenters. The molecule has 2 saturated heterocycles. The number of hydrogen-bond donors (Lipinski definition) is 2. The molecule has 2 N–H and O–H groups in total. The molecule has 2 heterocycles. The molecule has 0 aliphatic carbocycles. The van der Waals surface area contributed by atoms with Crippen LogP contribution >= 0.6 is 0 Å². The Labute approximate surface area is 119 Å². The van der Waals surface area contributed by atoms with Crippen LogP contribution in [0.1, 0.15) is 38.5 Å². The number of ether oxygens (including phenoxy) is 1. The summed E-state index contributed by atoms with van der Waals surface area (Å²) in [5.41, 5.74) is 0. The van der Waals surface area contributed by atoms with Gasteiger partial charge in [0.1, 0.15) is 0 Å². The van der Waals surface area contributed by atoms with Crippen LogP contribution in [0.3, 0.4) is 0 Å². The Bertz CT molecular complexity index is 342. The summed E-state index contributed by atoms with van der Waals surface area (Å²) in [4.78, 5) is 24.5. The molecule has 6 nitrogen and oxygen atoms in total. The number of carbonyl (C=O) groups excluding carboxylic acids is 1. The van der Waals surface area contributed by atoms with E-state index in [2.05, 4.69) is 5.32 Å². The molecule has 114 valence electrons. The van der Waals surface area contributed by atoms with Crippen molar-refractivity contribution in [1.82, 2.24) is 10.2 Å². The molecule has 0 aromatic heterocycles. The fourth-order valence-corrected chi connectivity index (χ4v) is 2.93. The molecule has 0 bridgehead atoms. The molecule has 0 saturated carbocycles. The number of hydrogen-bond acceptors (Lipinski definition) is 3. The first-order valence-electron chi connectivity index (χ1n) is 7.51. The first-order valence-corrected chi connectivity index (χ1v) is 7.51. The van der Waals surface area contributed by atoms with Crippen LogP contribution in [0.2, 0.25) is 0 Å². The van der Waals surface area contributed by atoms with Crippen LogP contribution in [0.4, 0.5) is 4.79 Å². The predicted octanol–water partition coefficient (Wildman–Crippen LogP) is 1.45. The Hall–Kier alpha value is -1.30. The Kier molecular flexibility index (Phi) is 5.64. The Morgan fingerprint density at radius 1 is 1.30 bits per heavy atom. The minimum atomic E-state index is -0.759. The zero-order chi connectivity index (χ0) is 14.4. The van der Waals surface area contributed by atoms with Crippen LogP contribution in [-0.4, -0.2) is 54.4 Å². The highest BCUT2D eigenvalue weighted by Crippen LogP contribution is 2.21. The Morgan fingerprint density at radius 3 is 2.85 bits per heavy atom. The molecule has 2 amide bonds. The van der Waals surface area contributed by atoms with E-state index in [-0.39, 0.29) is 18.6 Å². The summed E-state index contributed by atoms with van der Waals surface area (Å²) in [5.74, 6) is -0.446. The standard InChI is InChI=1S/C14H24N2O4/c17-13(18)6-5-11-3-1-7-16(10-11)14(19)15-9-12-4-2-8-20-12/h11-12H,1-10H2,(H,15,19)(H,17,18). The van der Waals surface area contributed by atoms with E-state index in [1.165, 1.54) is 0 Å². The summed E-state index contributed by atoms with van der Waals surface area (Å²) in [6.45, 7) is 2.81. The minimum absolute atomic E-state index is 0.0412. The van der Waals surface area contributed by atoms with E-state index < -0.39 is 5.97 Å². The summed E-state index contributed by atoms with van der Waals surface area (Å²) in [6.07, 6.45) is 5.07. The summed E-state index contributed by atoms with van der Waals surface area (Å²) in [7, 11) is 0. The van der Waals surface area contributed by atoms with Gasteiger partial charge in [0, 0.05) is 32.7 Å². The van der Waals surface area contributed by atoms with Crippen molar-refractivity contribution in [3.05, 3.63) is 0 Å². The molecule has 6 heteroatoms. The maximum Gasteiger partial charge on any atom is 0.317 e. The van der Waals surface area contributed by atoms with Crippen LogP contribution in [-0.2, 0) is 9.53 Å². The van der Waals surface area contributed by atoms with Gasteiger partial charge in [0.05, 0.1) is 6.10 Å². The molecule has 2 aliphatic heterocycles. The number of likely N-dealkylation sites (tertiary alicyclic amines) is 1. The first kappa shape index (κ1) is 15.1. The lowest BCUT2D eigenvalue weighted by molar-refractivity contribution is -0.137. The zero-order valence-corrected chi connectivity index (χ0v) is 11.8. The second-order valence-corrected chi connectivity index (χ2v) is 5.71. The normalized spacial score (nSPS) is 26.5. The number of rotatable bonds is 5. The van der Waals surface area contributed by atoms with Gasteiger partial charge < -0.3 is 20.1 Å². The van der Waals surface area contributed by atoms with Crippen LogP contribution in [0.5, 0.6) is 0 Å². The van der Waals surface area contributed by atoms with Gasteiger partial charge in [-0.3, -0.25) is 4.79 Å². The van der Waals surface area contributed by atoms with Gasteiger partial charge in [-0.15, -0.1) is 0 Å². The van der Waals surface area contributed by atoms with Gasteiger partial charge in [-0.1, -0.05) is 0 Å². The first-order chi connectivity index (χ1) is 9.65. The number of urea groups is 1. The van der Waals surface area contributed by atoms with Crippen molar-refractivity contribution in [2.45, 2.75) is 44.6 Å². The summed E-state index contributed by atoms with van der Waals surface area (Å²) >= 11 is 0. The quantitative estimate of drug-likeness (QED) is 0.801. The number of carbonyl (C=O) groups is 2. The highest BCUT2D eigenvalue weighted by Gasteiger charge is 2.25. The minimum Gasteiger partial charge on any atom is -0.481 e. The maximum absolute atomic E-state index is 12.1. The van der Waals surface area contributed by atoms with E-state index in [1.54, 1.807) is 0 Å². The van der Waals surface area contributed by atoms with Crippen molar-refractivity contribution < 1.29 is 19.4 Å². The summed E-state index contributed by atoms with van der Waals surface area (Å²) in [5, 5.41) is 11.6. The summed E-state index contributed by atoms with van der Waals surface area (Å²) in [6, 6.07) is -0.0412. The highest BCUT2D eigenvalue weighted by molar-refractivity contribution is 5.74. The third kappa shape index (κ3) is 4.67. The van der Waals surface area contributed by atoms with Gasteiger partial charge >= 0.3 is 12.0 Å². The third-order valence-electron chi connectivity index (χ3n) is 4.08. The van der Waals surface area contributed by atoms with Crippen molar-refractivity contribution in [2.24, 2.45) is 5.92 Å². The predicted molar refractivity (Wildman–Crippen MR) is 73.5 cm³/mol. The number of aliphatic carboxylic acids is 1. The van der Waals surface area contributed by atoms with Crippen LogP contribution in [0.15, 0.2) is 0 Å². The molecular formula is C14H24N2O4. The van der Waals surface area contributed by atoms with Crippen molar-refractivity contribution in [2.75, 3.05) is 26.2 Å². The average molecular weight is 284 g/mol. The molecule has 0 aromatic carbocycles. The fraction of sp³-hybridized carbons (Fsp3) is 0.857. The van der Waals surface area contributed by atoms with E-state index in [0.29, 0.717) is 25.4 Å². The SMILES string of the molecule is O=C(O)CCC1CCCN(C(=O)NCC2CCCO2)C1. The monoisotopic (exact) mass is 284 g/mol. The Balaban J connectivity index is 1.70. The number of carboxylic acids is 1. The average Bonchev–Trinajstić information content (AvgIpc) is 2.96. The Morgan fingerprint density at radius 2 is 2.15 bits per heavy atom. The molecule has 20 heavy (non-hydrogen) atoms. The lowest BCUT2D eigenvalue weighted by Crippen LogP contribution is -2.47. The van der Waals surface area contributed by atoms with Crippen molar-refractivity contribution >= 4 is 12.0 Å². The van der Waals surface area contributed by atoms with Gasteiger partial charge in [0.25, 0.3) is 0 Å². The van der Waals surface area contributed by atoms with E-state index in [9.17, 15) is 9.59 Å². The third-order valence-corrected chi connectivity index (χ3v) is 4.08. The van der Waals surface area contributed by atoms with Crippen molar-refractivity contribution in [3.63, 3.8) is 0 Å². The van der Waals surface area contributed by atoms with Crippen LogP contribution in [0.25, 0.3) is 0 Å². The molecular weight excluding hydrogens is 260 g/mol. The van der Waals surface area contributed by atoms with Gasteiger partial charge in [0.2, 0.25) is 0 Å². The number of carboxylic acid groups (broad SMARTS) is 1. The van der Waals surface area contributed by atoms with E-state index in [4.69, 9.17) is 9.84 Å². The molecule has 2 fully saturated rings. The number of amides is 2. The zero-order valence-electron chi connectivity index (χ0n) is 11.8. The molecule has 0 aromatic rings. The second-order valence-electron chi connectivity index (χ2n) is 5.71. The van der Waals surface area contributed by atoms with Gasteiger partial charge in [0.15, 0.2) is 0 Å². The fourth-order valence-electron chi connectivity index (χ4n) is 2.93. The van der Waals surface area contributed by atoms with E-state index in [0.717, 1.165) is 38.8 Å². The maximum atomic E-state index is 12.1. The van der Waals surface area contributed by atoms with Gasteiger partial charge in [-0.2, -0.15) is 0 Å². The molecule has 0 radical (unpaired) electrons. The highest BCUT2D eigenvalue weighted by atomic mass is 16.5. The summed E-state index contributed by atoms with van der Waals surface area (Å²) < 4.78 is 5.48.